The maximum atomic E-state index is 12.2. The zero-order chi connectivity index (χ0) is 16.8. The highest BCUT2D eigenvalue weighted by Crippen LogP contribution is 2.43. The molecule has 5 nitrogen and oxygen atoms in total. The molecule has 124 valence electrons. The number of carbonyl (C=O) groups is 1. The summed E-state index contributed by atoms with van der Waals surface area (Å²) in [5.41, 5.74) is 7.99. The Morgan fingerprint density at radius 2 is 2.22 bits per heavy atom. The second-order valence-corrected chi connectivity index (χ2v) is 9.18. The van der Waals surface area contributed by atoms with E-state index in [2.05, 4.69) is 20.9 Å². The minimum absolute atomic E-state index is 0.270. The second kappa shape index (κ2) is 6.07. The van der Waals surface area contributed by atoms with Crippen LogP contribution in [0.1, 0.15) is 31.2 Å². The minimum atomic E-state index is -0.482. The lowest BCUT2D eigenvalue weighted by molar-refractivity contribution is 0.0227. The molecular formula is C15H18BrN3O2S2. The van der Waals surface area contributed by atoms with Crippen molar-refractivity contribution in [3.8, 4) is 10.6 Å². The molecule has 0 spiro atoms. The quantitative estimate of drug-likeness (QED) is 0.743. The maximum Gasteiger partial charge on any atom is 0.410 e. The lowest BCUT2D eigenvalue weighted by atomic mass is 10.0. The monoisotopic (exact) mass is 415 g/mol. The van der Waals surface area contributed by atoms with Gasteiger partial charge < -0.3 is 15.4 Å². The maximum absolute atomic E-state index is 12.2. The average Bonchev–Trinajstić information content (AvgIpc) is 2.98. The zero-order valence-electron chi connectivity index (χ0n) is 13.2. The smallest absolute Gasteiger partial charge is 0.410 e. The number of halogens is 1. The Balaban J connectivity index is 1.85. The Morgan fingerprint density at radius 3 is 2.83 bits per heavy atom. The van der Waals surface area contributed by atoms with Gasteiger partial charge in [-0.05, 0) is 48.7 Å². The van der Waals surface area contributed by atoms with Crippen LogP contribution in [0, 0.1) is 0 Å². The van der Waals surface area contributed by atoms with Crippen molar-refractivity contribution in [1.29, 1.82) is 0 Å². The number of anilines is 1. The fourth-order valence-corrected chi connectivity index (χ4v) is 5.05. The molecule has 1 aliphatic rings. The van der Waals surface area contributed by atoms with Crippen LogP contribution in [0.5, 0.6) is 0 Å². The number of hydrogen-bond donors (Lipinski definition) is 1. The summed E-state index contributed by atoms with van der Waals surface area (Å²) < 4.78 is 6.28. The Kier molecular flexibility index (Phi) is 4.41. The van der Waals surface area contributed by atoms with Crippen LogP contribution >= 0.6 is 38.6 Å². The normalized spacial score (nSPS) is 14.7. The number of carbonyl (C=O) groups excluding carboxylic acids is 1. The number of aromatic nitrogens is 1. The van der Waals surface area contributed by atoms with Crippen molar-refractivity contribution in [2.45, 2.75) is 39.3 Å². The molecule has 0 aliphatic carbocycles. The number of nitrogen functional groups attached to an aromatic ring is 1. The van der Waals surface area contributed by atoms with E-state index in [-0.39, 0.29) is 6.09 Å². The number of amides is 1. The van der Waals surface area contributed by atoms with E-state index in [9.17, 15) is 4.79 Å². The van der Waals surface area contributed by atoms with E-state index < -0.39 is 5.60 Å². The number of rotatable bonds is 1. The first-order valence-electron chi connectivity index (χ1n) is 7.24. The third kappa shape index (κ3) is 3.54. The van der Waals surface area contributed by atoms with Gasteiger partial charge in [0.1, 0.15) is 15.2 Å². The minimum Gasteiger partial charge on any atom is -0.444 e. The van der Waals surface area contributed by atoms with E-state index in [1.165, 1.54) is 16.9 Å². The third-order valence-corrected chi connectivity index (χ3v) is 6.04. The first-order valence-corrected chi connectivity index (χ1v) is 9.73. The van der Waals surface area contributed by atoms with Crippen molar-refractivity contribution in [1.82, 2.24) is 9.88 Å². The summed E-state index contributed by atoms with van der Waals surface area (Å²) in [7, 11) is 0. The summed E-state index contributed by atoms with van der Waals surface area (Å²) in [5.74, 6) is 0. The topological polar surface area (TPSA) is 68.5 Å². The number of thiazole rings is 1. The van der Waals surface area contributed by atoms with Gasteiger partial charge >= 0.3 is 6.09 Å². The summed E-state index contributed by atoms with van der Waals surface area (Å²) in [6.45, 7) is 6.81. The molecule has 0 fully saturated rings. The van der Waals surface area contributed by atoms with E-state index in [1.54, 1.807) is 16.2 Å². The summed E-state index contributed by atoms with van der Waals surface area (Å²) in [6, 6.07) is 0. The highest BCUT2D eigenvalue weighted by molar-refractivity contribution is 9.10. The van der Waals surface area contributed by atoms with Crippen molar-refractivity contribution in [3.63, 3.8) is 0 Å². The molecule has 0 aromatic carbocycles. The molecular weight excluding hydrogens is 398 g/mol. The molecule has 1 aliphatic heterocycles. The van der Waals surface area contributed by atoms with Crippen LogP contribution < -0.4 is 5.73 Å². The van der Waals surface area contributed by atoms with Crippen LogP contribution in [0.3, 0.4) is 0 Å². The van der Waals surface area contributed by atoms with Gasteiger partial charge in [-0.2, -0.15) is 0 Å². The highest BCUT2D eigenvalue weighted by Gasteiger charge is 2.30. The molecule has 0 bridgehead atoms. The number of nitrogens with zero attached hydrogens (tertiary/aromatic N) is 2. The van der Waals surface area contributed by atoms with Crippen LogP contribution in [0.15, 0.2) is 9.98 Å². The van der Waals surface area contributed by atoms with Gasteiger partial charge in [0.05, 0.1) is 11.5 Å². The molecule has 3 heterocycles. The van der Waals surface area contributed by atoms with Crippen LogP contribution in [0.25, 0.3) is 10.6 Å². The highest BCUT2D eigenvalue weighted by atomic mass is 79.9. The van der Waals surface area contributed by atoms with E-state index in [0.717, 1.165) is 31.5 Å². The van der Waals surface area contributed by atoms with Gasteiger partial charge in [-0.3, -0.25) is 0 Å². The van der Waals surface area contributed by atoms with Gasteiger partial charge in [-0.1, -0.05) is 0 Å². The number of fused-ring (bicyclic) bond motifs is 1. The van der Waals surface area contributed by atoms with Crippen LogP contribution in [-0.2, 0) is 17.7 Å². The molecule has 1 amide bonds. The van der Waals surface area contributed by atoms with Crippen LogP contribution in [0.4, 0.5) is 9.80 Å². The van der Waals surface area contributed by atoms with Gasteiger partial charge in [-0.25, -0.2) is 9.78 Å². The number of thiophene rings is 1. The van der Waals surface area contributed by atoms with E-state index in [1.807, 2.05) is 26.2 Å². The number of nitrogens with two attached hydrogens (primary N) is 1. The lowest BCUT2D eigenvalue weighted by Crippen LogP contribution is -2.39. The van der Waals surface area contributed by atoms with E-state index in [0.29, 0.717) is 13.1 Å². The Hall–Kier alpha value is -1.12. The largest absolute Gasteiger partial charge is 0.444 e. The molecule has 0 saturated heterocycles. The molecule has 0 saturated carbocycles. The van der Waals surface area contributed by atoms with Crippen molar-refractivity contribution in [2.24, 2.45) is 0 Å². The second-order valence-electron chi connectivity index (χ2n) is 6.37. The average molecular weight is 416 g/mol. The molecule has 2 aromatic rings. The standard InChI is InChI=1S/C15H18BrN3O2S2/c1-15(2,3)21-14(20)19-5-4-8-9(6-19)23-12(17)11(8)13-18-10(16)7-22-13/h7H,4-6,17H2,1-3H3. The molecule has 3 rings (SSSR count). The van der Waals surface area contributed by atoms with Crippen LogP contribution in [-0.4, -0.2) is 28.1 Å². The summed E-state index contributed by atoms with van der Waals surface area (Å²) in [6.07, 6.45) is 0.503. The predicted octanol–water partition coefficient (Wildman–Crippen LogP) is 4.51. The van der Waals surface area contributed by atoms with Crippen molar-refractivity contribution < 1.29 is 9.53 Å². The molecule has 8 heteroatoms. The van der Waals surface area contributed by atoms with Gasteiger partial charge in [0.15, 0.2) is 0 Å². The molecule has 0 unspecified atom stereocenters. The lowest BCUT2D eigenvalue weighted by Gasteiger charge is -2.30. The van der Waals surface area contributed by atoms with Crippen molar-refractivity contribution in [3.05, 3.63) is 20.4 Å². The van der Waals surface area contributed by atoms with Gasteiger partial charge in [0.25, 0.3) is 0 Å². The van der Waals surface area contributed by atoms with Crippen molar-refractivity contribution in [2.75, 3.05) is 12.3 Å². The molecule has 23 heavy (non-hydrogen) atoms. The van der Waals surface area contributed by atoms with E-state index >= 15 is 0 Å². The fraction of sp³-hybridized carbons (Fsp3) is 0.467. The summed E-state index contributed by atoms with van der Waals surface area (Å²) in [4.78, 5) is 19.6. The molecule has 2 aromatic heterocycles. The predicted molar refractivity (Wildman–Crippen MR) is 97.9 cm³/mol. The zero-order valence-corrected chi connectivity index (χ0v) is 16.4. The van der Waals surface area contributed by atoms with Crippen LogP contribution in [0.2, 0.25) is 0 Å². The van der Waals surface area contributed by atoms with Crippen molar-refractivity contribution >= 4 is 49.7 Å². The summed E-state index contributed by atoms with van der Waals surface area (Å²) >= 11 is 6.50. The van der Waals surface area contributed by atoms with Gasteiger partial charge in [0, 0.05) is 22.4 Å². The number of hydrogen-bond acceptors (Lipinski definition) is 6. The Bertz CT molecular complexity index is 748. The van der Waals surface area contributed by atoms with Gasteiger partial charge in [0.2, 0.25) is 0 Å². The number of ether oxygens (including phenoxy) is 1. The molecule has 2 N–H and O–H groups in total. The third-order valence-electron chi connectivity index (χ3n) is 3.43. The Labute approximate surface area is 151 Å². The van der Waals surface area contributed by atoms with E-state index in [4.69, 9.17) is 10.5 Å². The Morgan fingerprint density at radius 1 is 1.48 bits per heavy atom. The fourth-order valence-electron chi connectivity index (χ4n) is 2.51. The first-order chi connectivity index (χ1) is 10.7. The molecule has 0 atom stereocenters. The van der Waals surface area contributed by atoms with Gasteiger partial charge in [-0.15, -0.1) is 22.7 Å². The SMILES string of the molecule is CC(C)(C)OC(=O)N1CCc2c(sc(N)c2-c2nc(Br)cs2)C1. The first kappa shape index (κ1) is 16.7. The molecule has 0 radical (unpaired) electrons. The summed E-state index contributed by atoms with van der Waals surface area (Å²) in [5, 5.41) is 3.65.